The minimum absolute atomic E-state index is 0. The van der Waals surface area contributed by atoms with Crippen LogP contribution in [0.2, 0.25) is 0 Å². The zero-order valence-corrected chi connectivity index (χ0v) is 26.7. The largest absolute Gasteiger partial charge is 0.147 e. The second kappa shape index (κ2) is 12.4. The molecule has 0 atom stereocenters. The van der Waals surface area contributed by atoms with Gasteiger partial charge in [-0.3, -0.25) is 0 Å². The van der Waals surface area contributed by atoms with Crippen LogP contribution in [0.4, 0.5) is 0 Å². The van der Waals surface area contributed by atoms with Crippen LogP contribution in [0.25, 0.3) is 0 Å². The Balaban J connectivity index is 0.00000306. The molecule has 192 valence electrons. The van der Waals surface area contributed by atoms with Crippen molar-refractivity contribution in [3.8, 4) is 11.5 Å². The molecule has 2 nitrogen and oxygen atoms in total. The molecule has 0 radical (unpaired) electrons. The molecule has 3 aromatic rings. The molecule has 0 unspecified atom stereocenters. The molecule has 1 aromatic heterocycles. The molecule has 6 heteroatoms. The summed E-state index contributed by atoms with van der Waals surface area (Å²) in [4.78, 5) is 2.62. The molecule has 3 rings (SSSR count). The molecule has 0 fully saturated rings. The molecule has 0 aliphatic heterocycles. The Morgan fingerprint density at radius 1 is 0.686 bits per heavy atom. The molecule has 35 heavy (non-hydrogen) atoms. The van der Waals surface area contributed by atoms with Crippen LogP contribution in [-0.2, 0) is 29.0 Å². The van der Waals surface area contributed by atoms with Gasteiger partial charge in [0.05, 0.1) is 0 Å². The zero-order chi connectivity index (χ0) is 24.6. The summed E-state index contributed by atoms with van der Waals surface area (Å²) in [6.45, 7) is 22.0. The van der Waals surface area contributed by atoms with Gasteiger partial charge in [0, 0.05) is 0 Å². The minimum atomic E-state index is -2.62. The Morgan fingerprint density at radius 3 is 1.46 bits per heavy atom. The van der Waals surface area contributed by atoms with Crippen molar-refractivity contribution in [3.63, 3.8) is 0 Å². The third-order valence-corrected chi connectivity index (χ3v) is 8.81. The summed E-state index contributed by atoms with van der Waals surface area (Å²) in [5.74, 6) is 1.88. The first kappa shape index (κ1) is 31.9. The molecule has 0 saturated carbocycles. The SMILES string of the molecule is Cc1ccc([O][Ti](=[CH]c2cc(C)sc2C)[O]c2ccc(C)cc2C(C)(C)C)c(C(C)(C)C)c1.Cl.Cl. The summed E-state index contributed by atoms with van der Waals surface area (Å²) in [6, 6.07) is 15.2. The average molecular weight is 571 g/mol. The van der Waals surface area contributed by atoms with Crippen molar-refractivity contribution in [2.24, 2.45) is 0 Å². The van der Waals surface area contributed by atoms with Crippen LogP contribution in [0.1, 0.15) is 79.1 Å². The summed E-state index contributed by atoms with van der Waals surface area (Å²) in [5, 5.41) is 0. The predicted octanol–water partition coefficient (Wildman–Crippen LogP) is 9.18. The molecule has 0 saturated heterocycles. The summed E-state index contributed by atoms with van der Waals surface area (Å²) < 4.78 is 15.9. The number of hydrogen-bond donors (Lipinski definition) is 0. The fourth-order valence-corrected chi connectivity index (χ4v) is 7.27. The first-order valence-corrected chi connectivity index (χ1v) is 14.6. The van der Waals surface area contributed by atoms with Gasteiger partial charge in [-0.15, -0.1) is 24.8 Å². The van der Waals surface area contributed by atoms with Gasteiger partial charge in [0.2, 0.25) is 0 Å². The summed E-state index contributed by atoms with van der Waals surface area (Å²) in [6.07, 6.45) is 0. The van der Waals surface area contributed by atoms with Crippen LogP contribution in [0, 0.1) is 27.7 Å². The van der Waals surface area contributed by atoms with Gasteiger partial charge in [-0.25, -0.2) is 0 Å². The standard InChI is InChI=1S/2C11H16O.C7H8S.2ClH.Ti/c2*1-8-5-6-10(12)9(7-8)11(2,3)4;1-5-4-6(2)8-7(5)3;;;/h2*5-7,12H,1-4H3;1,4H,2-3H3;2*1H;/q;;;;;+2/p-2. The Morgan fingerprint density at radius 2 is 1.11 bits per heavy atom. The van der Waals surface area contributed by atoms with E-state index in [9.17, 15) is 0 Å². The molecule has 0 amide bonds. The van der Waals surface area contributed by atoms with Gasteiger partial charge < -0.3 is 0 Å². The predicted molar refractivity (Wildman–Crippen MR) is 154 cm³/mol. The second-order valence-corrected chi connectivity index (χ2v) is 14.6. The van der Waals surface area contributed by atoms with Gasteiger partial charge in [0.15, 0.2) is 0 Å². The topological polar surface area (TPSA) is 18.5 Å². The van der Waals surface area contributed by atoms with E-state index in [-0.39, 0.29) is 35.6 Å². The van der Waals surface area contributed by atoms with Gasteiger partial charge in [-0.1, -0.05) is 0 Å². The van der Waals surface area contributed by atoms with Crippen molar-refractivity contribution in [2.75, 3.05) is 0 Å². The molecule has 0 aliphatic carbocycles. The van der Waals surface area contributed by atoms with E-state index in [1.165, 1.54) is 37.6 Å². The van der Waals surface area contributed by atoms with E-state index in [2.05, 4.69) is 116 Å². The van der Waals surface area contributed by atoms with E-state index < -0.39 is 18.2 Å². The van der Waals surface area contributed by atoms with Gasteiger partial charge in [-0.05, 0) is 0 Å². The van der Waals surface area contributed by atoms with Gasteiger partial charge in [0.1, 0.15) is 0 Å². The Bertz CT molecular complexity index is 1120. The zero-order valence-electron chi connectivity index (χ0n) is 22.7. The van der Waals surface area contributed by atoms with Gasteiger partial charge in [-0.2, -0.15) is 0 Å². The Labute approximate surface area is 235 Å². The normalized spacial score (nSPS) is 11.3. The molecule has 0 N–H and O–H groups in total. The molecule has 0 aliphatic rings. The maximum Gasteiger partial charge on any atom is -0.147 e. The van der Waals surface area contributed by atoms with E-state index in [0.717, 1.165) is 11.5 Å². The van der Waals surface area contributed by atoms with Crippen molar-refractivity contribution in [1.29, 1.82) is 0 Å². The van der Waals surface area contributed by atoms with E-state index in [1.807, 2.05) is 11.3 Å². The number of hydrogen-bond acceptors (Lipinski definition) is 3. The summed E-state index contributed by atoms with van der Waals surface area (Å²) >= 11 is -0.797. The molecule has 2 aromatic carbocycles. The Hall–Kier alpha value is -1.10. The second-order valence-electron chi connectivity index (χ2n) is 11.0. The fourth-order valence-electron chi connectivity index (χ4n) is 3.86. The number of benzene rings is 2. The van der Waals surface area contributed by atoms with Crippen molar-refractivity contribution >= 4 is 40.5 Å². The molecular formula is C29H40Cl2O2STi. The monoisotopic (exact) mass is 570 g/mol. The minimum Gasteiger partial charge on any atom is -0.147 e. The number of rotatable bonds is 5. The summed E-state index contributed by atoms with van der Waals surface area (Å²) in [7, 11) is 0. The van der Waals surface area contributed by atoms with Crippen LogP contribution in [0.5, 0.6) is 11.5 Å². The first-order valence-electron chi connectivity index (χ1n) is 11.6. The van der Waals surface area contributed by atoms with E-state index in [4.69, 9.17) is 6.64 Å². The number of thiophene rings is 1. The molecular weight excluding hydrogens is 531 g/mol. The van der Waals surface area contributed by atoms with Crippen LogP contribution in [0.15, 0.2) is 42.5 Å². The van der Waals surface area contributed by atoms with Crippen LogP contribution in [-0.4, -0.2) is 4.31 Å². The third kappa shape index (κ3) is 8.47. The van der Waals surface area contributed by atoms with E-state index in [1.54, 1.807) is 0 Å². The Kier molecular flexibility index (Phi) is 11.3. The van der Waals surface area contributed by atoms with Crippen molar-refractivity contribution < 1.29 is 24.8 Å². The van der Waals surface area contributed by atoms with Gasteiger partial charge in [0.25, 0.3) is 0 Å². The van der Waals surface area contributed by atoms with Crippen molar-refractivity contribution in [3.05, 3.63) is 80.0 Å². The van der Waals surface area contributed by atoms with Crippen molar-refractivity contribution in [2.45, 2.75) is 80.1 Å². The van der Waals surface area contributed by atoms with E-state index in [0.29, 0.717) is 0 Å². The van der Waals surface area contributed by atoms with Crippen LogP contribution >= 0.6 is 36.2 Å². The fraction of sp³-hybridized carbons (Fsp3) is 0.414. The summed E-state index contributed by atoms with van der Waals surface area (Å²) in [5.41, 5.74) is 6.15. The molecule has 0 bridgehead atoms. The third-order valence-electron chi connectivity index (χ3n) is 5.66. The first-order chi connectivity index (χ1) is 15.2. The number of halogens is 2. The smallest absolute Gasteiger partial charge is 0.147 e. The van der Waals surface area contributed by atoms with Crippen LogP contribution < -0.4 is 6.64 Å². The van der Waals surface area contributed by atoms with Crippen molar-refractivity contribution in [1.82, 2.24) is 0 Å². The quantitative estimate of drug-likeness (QED) is 0.285. The number of aryl methyl sites for hydroxylation is 4. The van der Waals surface area contributed by atoms with E-state index >= 15 is 0 Å². The molecule has 0 spiro atoms. The van der Waals surface area contributed by atoms with Gasteiger partial charge >= 0.3 is 212 Å². The van der Waals surface area contributed by atoms with Crippen LogP contribution in [0.3, 0.4) is 0 Å². The average Bonchev–Trinajstić information content (AvgIpc) is 2.99. The maximum atomic E-state index is 6.79. The molecule has 1 heterocycles. The maximum absolute atomic E-state index is 6.79.